The Bertz CT molecular complexity index is 104. The fourth-order valence-electron chi connectivity index (χ4n) is 0.542. The van der Waals surface area contributed by atoms with E-state index >= 15 is 0 Å². The molecule has 0 unspecified atom stereocenters. The lowest BCUT2D eigenvalue weighted by Crippen LogP contribution is -2.30. The molecule has 0 bridgehead atoms. The van der Waals surface area contributed by atoms with Crippen molar-refractivity contribution in [2.75, 3.05) is 14.2 Å². The maximum Gasteiger partial charge on any atom is 0.258 e. The van der Waals surface area contributed by atoms with Gasteiger partial charge in [-0.15, -0.1) is 0 Å². The minimum Gasteiger partial charge on any atom is -0.342 e. The molecule has 0 aliphatic rings. The smallest absolute Gasteiger partial charge is 0.258 e. The van der Waals surface area contributed by atoms with Gasteiger partial charge in [0.25, 0.3) is 5.79 Å². The van der Waals surface area contributed by atoms with Crippen LogP contribution in [-0.2, 0) is 9.47 Å². The van der Waals surface area contributed by atoms with Crippen molar-refractivity contribution in [3.8, 4) is 6.07 Å². The zero-order valence-electron chi connectivity index (χ0n) is 5.97. The summed E-state index contributed by atoms with van der Waals surface area (Å²) < 4.78 is 9.60. The Morgan fingerprint density at radius 3 is 1.89 bits per heavy atom. The highest BCUT2D eigenvalue weighted by Crippen LogP contribution is 2.13. The minimum absolute atomic E-state index is 0.538. The van der Waals surface area contributed by atoms with Crippen molar-refractivity contribution in [2.24, 2.45) is 0 Å². The highest BCUT2D eigenvalue weighted by Gasteiger charge is 2.25. The van der Waals surface area contributed by atoms with Crippen LogP contribution in [0, 0.1) is 11.3 Å². The molecule has 0 spiro atoms. The molecule has 0 aromatic rings. The molecule has 3 heteroatoms. The summed E-state index contributed by atoms with van der Waals surface area (Å²) >= 11 is 0. The molecule has 0 heterocycles. The van der Waals surface area contributed by atoms with Crippen molar-refractivity contribution in [2.45, 2.75) is 19.1 Å². The lowest BCUT2D eigenvalue weighted by Gasteiger charge is -2.20. The number of methoxy groups -OCH3 is 2. The SMILES string of the molecule is CCC(C#N)(OC)OC. The second-order valence-corrected chi connectivity index (χ2v) is 1.63. The zero-order chi connectivity index (χ0) is 7.33. The van der Waals surface area contributed by atoms with E-state index in [0.717, 1.165) is 0 Å². The molecule has 9 heavy (non-hydrogen) atoms. The molecule has 0 radical (unpaired) electrons. The summed E-state index contributed by atoms with van der Waals surface area (Å²) in [5, 5.41) is 8.48. The van der Waals surface area contributed by atoms with Crippen molar-refractivity contribution >= 4 is 0 Å². The average molecular weight is 129 g/mol. The molecule has 0 aromatic carbocycles. The molecule has 0 fully saturated rings. The molecule has 3 nitrogen and oxygen atoms in total. The van der Waals surface area contributed by atoms with Crippen LogP contribution in [0.15, 0.2) is 0 Å². The van der Waals surface area contributed by atoms with Gasteiger partial charge in [0.05, 0.1) is 0 Å². The highest BCUT2D eigenvalue weighted by atomic mass is 16.7. The first-order valence-corrected chi connectivity index (χ1v) is 2.76. The largest absolute Gasteiger partial charge is 0.342 e. The third kappa shape index (κ3) is 1.67. The molecule has 0 saturated carbocycles. The monoisotopic (exact) mass is 129 g/mol. The van der Waals surface area contributed by atoms with Gasteiger partial charge < -0.3 is 9.47 Å². The second-order valence-electron chi connectivity index (χ2n) is 1.63. The molecule has 52 valence electrons. The van der Waals surface area contributed by atoms with Crippen molar-refractivity contribution in [3.05, 3.63) is 0 Å². The van der Waals surface area contributed by atoms with E-state index < -0.39 is 5.79 Å². The predicted octanol–water partition coefficient (Wildman–Crippen LogP) is 0.909. The van der Waals surface area contributed by atoms with Gasteiger partial charge in [0.15, 0.2) is 0 Å². The van der Waals surface area contributed by atoms with Gasteiger partial charge in [-0.3, -0.25) is 0 Å². The number of nitrogens with zero attached hydrogens (tertiary/aromatic N) is 1. The topological polar surface area (TPSA) is 42.2 Å². The molecule has 0 amide bonds. The van der Waals surface area contributed by atoms with Crippen molar-refractivity contribution in [3.63, 3.8) is 0 Å². The average Bonchev–Trinajstić information content (AvgIpc) is 1.95. The van der Waals surface area contributed by atoms with Gasteiger partial charge in [0.1, 0.15) is 6.07 Å². The van der Waals surface area contributed by atoms with Crippen LogP contribution in [0.1, 0.15) is 13.3 Å². The number of rotatable bonds is 3. The van der Waals surface area contributed by atoms with E-state index in [1.54, 1.807) is 0 Å². The zero-order valence-corrected chi connectivity index (χ0v) is 5.97. The van der Waals surface area contributed by atoms with Gasteiger partial charge in [-0.05, 0) is 0 Å². The van der Waals surface area contributed by atoms with Crippen LogP contribution in [-0.4, -0.2) is 20.0 Å². The summed E-state index contributed by atoms with van der Waals surface area (Å²) in [5.74, 6) is -1.03. The Hall–Kier alpha value is -0.590. The van der Waals surface area contributed by atoms with E-state index in [2.05, 4.69) is 0 Å². The molecule has 0 N–H and O–H groups in total. The Labute approximate surface area is 55.2 Å². The molecular weight excluding hydrogens is 118 g/mol. The van der Waals surface area contributed by atoms with E-state index in [1.807, 2.05) is 13.0 Å². The van der Waals surface area contributed by atoms with Crippen molar-refractivity contribution in [1.82, 2.24) is 0 Å². The maximum absolute atomic E-state index is 8.48. The van der Waals surface area contributed by atoms with Gasteiger partial charge in [0.2, 0.25) is 0 Å². The molecule has 0 aliphatic carbocycles. The third-order valence-corrected chi connectivity index (χ3v) is 1.30. The number of nitriles is 1. The minimum atomic E-state index is -1.03. The summed E-state index contributed by atoms with van der Waals surface area (Å²) in [6.45, 7) is 1.83. The summed E-state index contributed by atoms with van der Waals surface area (Å²) in [7, 11) is 2.91. The molecular formula is C6H11NO2. The van der Waals surface area contributed by atoms with Gasteiger partial charge in [-0.1, -0.05) is 6.92 Å². The molecule has 0 aliphatic heterocycles. The van der Waals surface area contributed by atoms with Crippen LogP contribution in [0.3, 0.4) is 0 Å². The Morgan fingerprint density at radius 1 is 1.44 bits per heavy atom. The number of ether oxygens (including phenoxy) is 2. The van der Waals surface area contributed by atoms with E-state index in [4.69, 9.17) is 14.7 Å². The first kappa shape index (κ1) is 8.41. The van der Waals surface area contributed by atoms with Gasteiger partial charge in [-0.2, -0.15) is 5.26 Å². The standard InChI is InChI=1S/C6H11NO2/c1-4-6(5-7,8-2)9-3/h4H2,1-3H3. The fraction of sp³-hybridized carbons (Fsp3) is 0.833. The molecule has 0 saturated heterocycles. The summed E-state index contributed by atoms with van der Waals surface area (Å²) in [4.78, 5) is 0. The summed E-state index contributed by atoms with van der Waals surface area (Å²) in [5.41, 5.74) is 0. The van der Waals surface area contributed by atoms with Crippen molar-refractivity contribution in [1.29, 1.82) is 5.26 Å². The van der Waals surface area contributed by atoms with Crippen LogP contribution in [0.25, 0.3) is 0 Å². The Kier molecular flexibility index (Phi) is 3.21. The van der Waals surface area contributed by atoms with Gasteiger partial charge >= 0.3 is 0 Å². The van der Waals surface area contributed by atoms with E-state index in [0.29, 0.717) is 6.42 Å². The fourth-order valence-corrected chi connectivity index (χ4v) is 0.542. The molecule has 0 rings (SSSR count). The van der Waals surface area contributed by atoms with Gasteiger partial charge in [-0.25, -0.2) is 0 Å². The van der Waals surface area contributed by atoms with Crippen LogP contribution in [0.2, 0.25) is 0 Å². The van der Waals surface area contributed by atoms with Crippen LogP contribution >= 0.6 is 0 Å². The van der Waals surface area contributed by atoms with E-state index in [-0.39, 0.29) is 0 Å². The lowest BCUT2D eigenvalue weighted by atomic mass is 10.2. The van der Waals surface area contributed by atoms with Crippen LogP contribution in [0.5, 0.6) is 0 Å². The quantitative estimate of drug-likeness (QED) is 0.532. The third-order valence-electron chi connectivity index (χ3n) is 1.30. The molecule has 0 aromatic heterocycles. The highest BCUT2D eigenvalue weighted by molar-refractivity contribution is 4.92. The summed E-state index contributed by atoms with van der Waals surface area (Å²) in [6, 6.07) is 1.92. The van der Waals surface area contributed by atoms with Crippen LogP contribution < -0.4 is 0 Å². The Morgan fingerprint density at radius 2 is 1.89 bits per heavy atom. The van der Waals surface area contributed by atoms with Crippen molar-refractivity contribution < 1.29 is 9.47 Å². The number of hydrogen-bond acceptors (Lipinski definition) is 3. The van der Waals surface area contributed by atoms with Crippen LogP contribution in [0.4, 0.5) is 0 Å². The Balaban J connectivity index is 4.04. The molecule has 0 atom stereocenters. The predicted molar refractivity (Wildman–Crippen MR) is 32.7 cm³/mol. The summed E-state index contributed by atoms with van der Waals surface area (Å²) in [6.07, 6.45) is 0.538. The van der Waals surface area contributed by atoms with E-state index in [1.165, 1.54) is 14.2 Å². The number of hydrogen-bond donors (Lipinski definition) is 0. The first-order chi connectivity index (χ1) is 4.24. The van der Waals surface area contributed by atoms with E-state index in [9.17, 15) is 0 Å². The first-order valence-electron chi connectivity index (χ1n) is 2.76. The normalized spacial score (nSPS) is 10.9. The van der Waals surface area contributed by atoms with Gasteiger partial charge in [0, 0.05) is 20.6 Å². The lowest BCUT2D eigenvalue weighted by molar-refractivity contribution is -0.164. The second kappa shape index (κ2) is 3.44. The maximum atomic E-state index is 8.48.